The zero-order chi connectivity index (χ0) is 11.5. The summed E-state index contributed by atoms with van der Waals surface area (Å²) >= 11 is 0. The van der Waals surface area contributed by atoms with E-state index < -0.39 is 0 Å². The molecule has 0 bridgehead atoms. The van der Waals surface area contributed by atoms with Gasteiger partial charge in [-0.25, -0.2) is 0 Å². The normalized spacial score (nSPS) is 17.2. The molecule has 1 saturated carbocycles. The first-order chi connectivity index (χ1) is 7.68. The molecule has 2 heteroatoms. The van der Waals surface area contributed by atoms with E-state index in [9.17, 15) is 5.11 Å². The minimum atomic E-state index is -0.162. The number of ether oxygens (including phenoxy) is 1. The molecule has 2 rings (SSSR count). The summed E-state index contributed by atoms with van der Waals surface area (Å²) in [7, 11) is 0. The summed E-state index contributed by atoms with van der Waals surface area (Å²) in [5, 5.41) is 9.71. The molecule has 0 amide bonds. The average Bonchev–Trinajstić information content (AvgIpc) is 3.07. The maximum Gasteiger partial charge on any atom is 0.122 e. The van der Waals surface area contributed by atoms with Crippen LogP contribution in [0, 0.1) is 19.8 Å². The molecule has 1 aliphatic rings. The molecule has 16 heavy (non-hydrogen) atoms. The first-order valence-corrected chi connectivity index (χ1v) is 6.05. The predicted octanol–water partition coefficient (Wildman–Crippen LogP) is 2.84. The molecule has 0 aliphatic heterocycles. The van der Waals surface area contributed by atoms with Gasteiger partial charge in [0, 0.05) is 6.42 Å². The van der Waals surface area contributed by atoms with Crippen molar-refractivity contribution in [2.75, 3.05) is 6.61 Å². The Morgan fingerprint density at radius 1 is 1.38 bits per heavy atom. The quantitative estimate of drug-likeness (QED) is 0.826. The zero-order valence-corrected chi connectivity index (χ0v) is 10.1. The molecule has 1 aromatic carbocycles. The van der Waals surface area contributed by atoms with Crippen LogP contribution in [0.3, 0.4) is 0 Å². The Balaban J connectivity index is 1.82. The molecule has 0 aromatic heterocycles. The molecule has 88 valence electrons. The molecule has 0 spiro atoms. The third kappa shape index (κ3) is 2.76. The molecule has 1 unspecified atom stereocenters. The van der Waals surface area contributed by atoms with E-state index in [1.807, 2.05) is 12.1 Å². The maximum atomic E-state index is 9.71. The SMILES string of the molecule is Cc1cccc(OCCC(O)C2CC2)c1C. The molecule has 0 radical (unpaired) electrons. The van der Waals surface area contributed by atoms with Crippen molar-refractivity contribution in [3.05, 3.63) is 29.3 Å². The lowest BCUT2D eigenvalue weighted by Crippen LogP contribution is -2.14. The molecule has 1 fully saturated rings. The molecule has 1 N–H and O–H groups in total. The Labute approximate surface area is 97.3 Å². The van der Waals surface area contributed by atoms with Gasteiger partial charge in [-0.2, -0.15) is 0 Å². The highest BCUT2D eigenvalue weighted by Gasteiger charge is 2.29. The molecular weight excluding hydrogens is 200 g/mol. The van der Waals surface area contributed by atoms with Gasteiger partial charge in [0.15, 0.2) is 0 Å². The molecule has 1 atom stereocenters. The van der Waals surface area contributed by atoms with E-state index in [1.54, 1.807) is 0 Å². The summed E-state index contributed by atoms with van der Waals surface area (Å²) in [5.41, 5.74) is 2.45. The summed E-state index contributed by atoms with van der Waals surface area (Å²) in [6, 6.07) is 6.09. The summed E-state index contributed by atoms with van der Waals surface area (Å²) in [4.78, 5) is 0. The first-order valence-electron chi connectivity index (χ1n) is 6.05. The van der Waals surface area contributed by atoms with E-state index in [0.29, 0.717) is 12.5 Å². The molecule has 1 aliphatic carbocycles. The van der Waals surface area contributed by atoms with Gasteiger partial charge in [-0.3, -0.25) is 0 Å². The molecule has 0 saturated heterocycles. The first kappa shape index (κ1) is 11.5. The number of benzene rings is 1. The lowest BCUT2D eigenvalue weighted by atomic mass is 10.1. The van der Waals surface area contributed by atoms with Crippen LogP contribution in [0.25, 0.3) is 0 Å². The molecular formula is C14H20O2. The highest BCUT2D eigenvalue weighted by molar-refractivity contribution is 5.38. The number of hydrogen-bond acceptors (Lipinski definition) is 2. The highest BCUT2D eigenvalue weighted by Crippen LogP contribution is 2.34. The average molecular weight is 220 g/mol. The monoisotopic (exact) mass is 220 g/mol. The fourth-order valence-electron chi connectivity index (χ4n) is 1.89. The number of aliphatic hydroxyl groups excluding tert-OH is 1. The van der Waals surface area contributed by atoms with Crippen molar-refractivity contribution >= 4 is 0 Å². The summed E-state index contributed by atoms with van der Waals surface area (Å²) in [6.07, 6.45) is 2.96. The van der Waals surface area contributed by atoms with E-state index in [4.69, 9.17) is 4.74 Å². The van der Waals surface area contributed by atoms with Crippen LogP contribution >= 0.6 is 0 Å². The van der Waals surface area contributed by atoms with E-state index in [-0.39, 0.29) is 6.10 Å². The zero-order valence-electron chi connectivity index (χ0n) is 10.1. The fourth-order valence-corrected chi connectivity index (χ4v) is 1.89. The van der Waals surface area contributed by atoms with Gasteiger partial charge < -0.3 is 9.84 Å². The van der Waals surface area contributed by atoms with Gasteiger partial charge >= 0.3 is 0 Å². The second kappa shape index (κ2) is 4.88. The van der Waals surface area contributed by atoms with Gasteiger partial charge in [0.2, 0.25) is 0 Å². The van der Waals surface area contributed by atoms with Crippen LogP contribution in [-0.2, 0) is 0 Å². The fraction of sp³-hybridized carbons (Fsp3) is 0.571. The Morgan fingerprint density at radius 2 is 2.12 bits per heavy atom. The lowest BCUT2D eigenvalue weighted by Gasteiger charge is -2.13. The summed E-state index contributed by atoms with van der Waals surface area (Å²) < 4.78 is 5.71. The van der Waals surface area contributed by atoms with E-state index in [1.165, 1.54) is 24.0 Å². The number of rotatable bonds is 5. The van der Waals surface area contributed by atoms with Crippen LogP contribution in [0.5, 0.6) is 5.75 Å². The minimum absolute atomic E-state index is 0.162. The van der Waals surface area contributed by atoms with Crippen LogP contribution in [0.15, 0.2) is 18.2 Å². The van der Waals surface area contributed by atoms with Gasteiger partial charge in [0.05, 0.1) is 12.7 Å². The molecule has 2 nitrogen and oxygen atoms in total. The highest BCUT2D eigenvalue weighted by atomic mass is 16.5. The second-order valence-electron chi connectivity index (χ2n) is 4.74. The third-order valence-electron chi connectivity index (χ3n) is 3.39. The summed E-state index contributed by atoms with van der Waals surface area (Å²) in [6.45, 7) is 4.77. The van der Waals surface area contributed by atoms with Crippen molar-refractivity contribution in [2.24, 2.45) is 5.92 Å². The van der Waals surface area contributed by atoms with Crippen molar-refractivity contribution in [3.63, 3.8) is 0 Å². The van der Waals surface area contributed by atoms with Gasteiger partial charge in [-0.15, -0.1) is 0 Å². The van der Waals surface area contributed by atoms with Gasteiger partial charge in [0.25, 0.3) is 0 Å². The van der Waals surface area contributed by atoms with Crippen molar-refractivity contribution < 1.29 is 9.84 Å². The summed E-state index contributed by atoms with van der Waals surface area (Å²) in [5.74, 6) is 1.49. The van der Waals surface area contributed by atoms with Gasteiger partial charge in [-0.05, 0) is 49.8 Å². The minimum Gasteiger partial charge on any atom is -0.493 e. The van der Waals surface area contributed by atoms with E-state index in [2.05, 4.69) is 19.9 Å². The second-order valence-corrected chi connectivity index (χ2v) is 4.74. The molecule has 0 heterocycles. The van der Waals surface area contributed by atoms with E-state index >= 15 is 0 Å². The van der Waals surface area contributed by atoms with Crippen LogP contribution in [0.2, 0.25) is 0 Å². The predicted molar refractivity (Wildman–Crippen MR) is 64.8 cm³/mol. The maximum absolute atomic E-state index is 9.71. The lowest BCUT2D eigenvalue weighted by molar-refractivity contribution is 0.119. The van der Waals surface area contributed by atoms with Crippen molar-refractivity contribution in [2.45, 2.75) is 39.2 Å². The molecule has 1 aromatic rings. The Morgan fingerprint density at radius 3 is 2.81 bits per heavy atom. The van der Waals surface area contributed by atoms with Crippen LogP contribution in [-0.4, -0.2) is 17.8 Å². The van der Waals surface area contributed by atoms with Crippen molar-refractivity contribution in [1.82, 2.24) is 0 Å². The third-order valence-corrected chi connectivity index (χ3v) is 3.39. The Bertz CT molecular complexity index is 356. The van der Waals surface area contributed by atoms with Crippen LogP contribution in [0.1, 0.15) is 30.4 Å². The number of hydrogen-bond donors (Lipinski definition) is 1. The topological polar surface area (TPSA) is 29.5 Å². The van der Waals surface area contributed by atoms with Crippen LogP contribution in [0.4, 0.5) is 0 Å². The number of aliphatic hydroxyl groups is 1. The van der Waals surface area contributed by atoms with E-state index in [0.717, 1.165) is 12.2 Å². The number of aryl methyl sites for hydroxylation is 1. The Hall–Kier alpha value is -1.02. The standard InChI is InChI=1S/C14H20O2/c1-10-4-3-5-14(11(10)2)16-9-8-13(15)12-6-7-12/h3-5,12-13,15H,6-9H2,1-2H3. The van der Waals surface area contributed by atoms with Crippen molar-refractivity contribution in [3.8, 4) is 5.75 Å². The van der Waals surface area contributed by atoms with Crippen LogP contribution < -0.4 is 4.74 Å². The Kier molecular flexibility index (Phi) is 3.49. The van der Waals surface area contributed by atoms with Gasteiger partial charge in [-0.1, -0.05) is 12.1 Å². The largest absolute Gasteiger partial charge is 0.493 e. The van der Waals surface area contributed by atoms with Gasteiger partial charge in [0.1, 0.15) is 5.75 Å². The van der Waals surface area contributed by atoms with Crippen molar-refractivity contribution in [1.29, 1.82) is 0 Å². The smallest absolute Gasteiger partial charge is 0.122 e.